The number of hydrogen-bond acceptors (Lipinski definition) is 6. The van der Waals surface area contributed by atoms with Crippen molar-refractivity contribution in [2.75, 3.05) is 26.2 Å². The summed E-state index contributed by atoms with van der Waals surface area (Å²) in [5.74, 6) is -4.01. The average molecular weight is 587 g/mol. The Labute approximate surface area is 226 Å². The summed E-state index contributed by atoms with van der Waals surface area (Å²) in [5.41, 5.74) is 0.411. The van der Waals surface area contributed by atoms with E-state index in [0.717, 1.165) is 0 Å². The second kappa shape index (κ2) is 17.2. The first-order valence-electron chi connectivity index (χ1n) is 12.6. The Balaban J connectivity index is 2.47. The fourth-order valence-electron chi connectivity index (χ4n) is 3.41. The van der Waals surface area contributed by atoms with Gasteiger partial charge in [-0.2, -0.15) is 26.3 Å². The van der Waals surface area contributed by atoms with Gasteiger partial charge in [-0.1, -0.05) is 25.7 Å². The van der Waals surface area contributed by atoms with Crippen LogP contribution in [0.3, 0.4) is 0 Å². The third kappa shape index (κ3) is 14.5. The van der Waals surface area contributed by atoms with Gasteiger partial charge in [0.1, 0.15) is 6.61 Å². The summed E-state index contributed by atoms with van der Waals surface area (Å²) in [6, 6.07) is 5.44. The number of nitrogens with one attached hydrogen (secondary N) is 2. The van der Waals surface area contributed by atoms with Gasteiger partial charge < -0.3 is 20.3 Å². The van der Waals surface area contributed by atoms with Crippen LogP contribution in [0.1, 0.15) is 56.9 Å². The SMILES string of the molecule is O=C(OCc1ccc([N+](=O)[O-])cc1)N(CCCCCCNC(=O)C(F)(F)F)CCCCCCNC(=O)C(F)(F)F. The zero-order valence-corrected chi connectivity index (χ0v) is 21.6. The maximum atomic E-state index is 12.6. The smallest absolute Gasteiger partial charge is 0.445 e. The lowest BCUT2D eigenvalue weighted by Crippen LogP contribution is -2.37. The van der Waals surface area contributed by atoms with Gasteiger partial charge in [0.15, 0.2) is 0 Å². The fourth-order valence-corrected chi connectivity index (χ4v) is 3.41. The molecule has 3 amide bonds. The molecule has 0 fully saturated rings. The van der Waals surface area contributed by atoms with E-state index < -0.39 is 35.2 Å². The Kier molecular flexibility index (Phi) is 14.8. The molecule has 0 aromatic heterocycles. The molecule has 226 valence electrons. The highest BCUT2D eigenvalue weighted by molar-refractivity contribution is 5.81. The van der Waals surface area contributed by atoms with Crippen LogP contribution in [0.15, 0.2) is 24.3 Å². The summed E-state index contributed by atoms with van der Waals surface area (Å²) in [4.78, 5) is 45.9. The molecule has 10 nitrogen and oxygen atoms in total. The van der Waals surface area contributed by atoms with E-state index in [1.165, 1.54) is 29.2 Å². The van der Waals surface area contributed by atoms with Crippen LogP contribution in [-0.4, -0.2) is 66.3 Å². The van der Waals surface area contributed by atoms with Gasteiger partial charge in [0, 0.05) is 38.3 Å². The first-order chi connectivity index (χ1) is 18.7. The molecule has 0 aliphatic carbocycles. The number of benzene rings is 1. The van der Waals surface area contributed by atoms with Crippen molar-refractivity contribution in [2.24, 2.45) is 0 Å². The number of alkyl halides is 6. The van der Waals surface area contributed by atoms with E-state index in [2.05, 4.69) is 0 Å². The Morgan fingerprint density at radius 1 is 0.750 bits per heavy atom. The molecule has 1 aromatic rings. The van der Waals surface area contributed by atoms with Gasteiger partial charge >= 0.3 is 30.3 Å². The van der Waals surface area contributed by atoms with Crippen molar-refractivity contribution in [2.45, 2.75) is 70.3 Å². The van der Waals surface area contributed by atoms with Crippen LogP contribution in [0.5, 0.6) is 0 Å². The highest BCUT2D eigenvalue weighted by atomic mass is 19.4. The first kappa shape index (κ1) is 34.4. The minimum atomic E-state index is -4.94. The van der Waals surface area contributed by atoms with Crippen LogP contribution in [0.4, 0.5) is 36.8 Å². The molecule has 0 aliphatic heterocycles. The average Bonchev–Trinajstić information content (AvgIpc) is 2.88. The van der Waals surface area contributed by atoms with E-state index in [1.807, 2.05) is 0 Å². The number of ether oxygens (including phenoxy) is 1. The monoisotopic (exact) mass is 586 g/mol. The summed E-state index contributed by atoms with van der Waals surface area (Å²) >= 11 is 0. The number of nitro groups is 1. The number of carbonyl (C=O) groups excluding carboxylic acids is 3. The quantitative estimate of drug-likeness (QED) is 0.114. The number of halogens is 6. The van der Waals surface area contributed by atoms with Gasteiger partial charge in [-0.25, -0.2) is 4.79 Å². The molecule has 0 spiro atoms. The second-order valence-corrected chi connectivity index (χ2v) is 8.80. The van der Waals surface area contributed by atoms with E-state index in [0.29, 0.717) is 56.9 Å². The molecule has 0 unspecified atom stereocenters. The second-order valence-electron chi connectivity index (χ2n) is 8.80. The minimum absolute atomic E-state index is 0.118. The van der Waals surface area contributed by atoms with E-state index in [-0.39, 0.29) is 38.5 Å². The van der Waals surface area contributed by atoms with E-state index >= 15 is 0 Å². The molecule has 0 aliphatic rings. The van der Waals surface area contributed by atoms with E-state index in [4.69, 9.17) is 4.74 Å². The van der Waals surface area contributed by atoms with Crippen molar-refractivity contribution in [1.82, 2.24) is 15.5 Å². The zero-order chi connectivity index (χ0) is 30.2. The molecular weight excluding hydrogens is 554 g/mol. The number of hydrogen-bond donors (Lipinski definition) is 2. The Bertz CT molecular complexity index is 917. The largest absolute Gasteiger partial charge is 0.471 e. The summed E-state index contributed by atoms with van der Waals surface area (Å²) in [7, 11) is 0. The maximum Gasteiger partial charge on any atom is 0.471 e. The lowest BCUT2D eigenvalue weighted by Gasteiger charge is -2.22. The summed E-state index contributed by atoms with van der Waals surface area (Å²) in [6.45, 7) is 0.141. The number of nitrogens with zero attached hydrogens (tertiary/aromatic N) is 2. The van der Waals surface area contributed by atoms with Gasteiger partial charge in [0.05, 0.1) is 4.92 Å². The Morgan fingerprint density at radius 3 is 1.57 bits per heavy atom. The van der Waals surface area contributed by atoms with Gasteiger partial charge in [0.2, 0.25) is 0 Å². The van der Waals surface area contributed by atoms with E-state index in [1.54, 1.807) is 10.6 Å². The van der Waals surface area contributed by atoms with Crippen LogP contribution in [-0.2, 0) is 20.9 Å². The van der Waals surface area contributed by atoms with Crippen molar-refractivity contribution < 1.29 is 50.4 Å². The van der Waals surface area contributed by atoms with Crippen LogP contribution >= 0.6 is 0 Å². The summed E-state index contributed by atoms with van der Waals surface area (Å²) in [5, 5.41) is 14.3. The standard InChI is InChI=1S/C24H32F6N4O6/c25-23(26,27)20(35)31-13-5-1-3-7-15-33(16-8-4-2-6-14-32-21(36)24(28,29)30)22(37)40-17-18-9-11-19(12-10-18)34(38)39/h9-12H,1-8,13-17H2,(H,31,35)(H,32,36). The van der Waals surface area contributed by atoms with Gasteiger partial charge in [-0.05, 0) is 43.4 Å². The zero-order valence-electron chi connectivity index (χ0n) is 21.6. The third-order valence-electron chi connectivity index (χ3n) is 5.56. The first-order valence-corrected chi connectivity index (χ1v) is 12.6. The summed E-state index contributed by atoms with van der Waals surface area (Å²) < 4.78 is 78.4. The molecule has 2 N–H and O–H groups in total. The lowest BCUT2D eigenvalue weighted by atomic mass is 10.1. The molecule has 0 heterocycles. The number of nitro benzene ring substituents is 1. The van der Waals surface area contributed by atoms with Crippen LogP contribution in [0, 0.1) is 10.1 Å². The number of amides is 3. The Morgan fingerprint density at radius 2 is 1.18 bits per heavy atom. The van der Waals surface area contributed by atoms with Crippen LogP contribution in [0.25, 0.3) is 0 Å². The third-order valence-corrected chi connectivity index (χ3v) is 5.56. The number of rotatable bonds is 17. The molecule has 0 radical (unpaired) electrons. The summed E-state index contributed by atoms with van der Waals surface area (Å²) in [6.07, 6.45) is -6.74. The lowest BCUT2D eigenvalue weighted by molar-refractivity contribution is -0.384. The van der Waals surface area contributed by atoms with Crippen molar-refractivity contribution in [1.29, 1.82) is 0 Å². The van der Waals surface area contributed by atoms with Gasteiger partial charge in [-0.15, -0.1) is 0 Å². The fraction of sp³-hybridized carbons (Fsp3) is 0.625. The van der Waals surface area contributed by atoms with Crippen molar-refractivity contribution in [3.63, 3.8) is 0 Å². The molecule has 40 heavy (non-hydrogen) atoms. The van der Waals surface area contributed by atoms with Crippen molar-refractivity contribution in [3.8, 4) is 0 Å². The highest BCUT2D eigenvalue weighted by Crippen LogP contribution is 2.16. The van der Waals surface area contributed by atoms with E-state index in [9.17, 15) is 50.8 Å². The van der Waals surface area contributed by atoms with Crippen molar-refractivity contribution >= 4 is 23.6 Å². The van der Waals surface area contributed by atoms with Crippen molar-refractivity contribution in [3.05, 3.63) is 39.9 Å². The van der Waals surface area contributed by atoms with Crippen LogP contribution < -0.4 is 10.6 Å². The van der Waals surface area contributed by atoms with Gasteiger partial charge in [-0.3, -0.25) is 19.7 Å². The predicted molar refractivity (Wildman–Crippen MR) is 130 cm³/mol. The Hall–Kier alpha value is -3.59. The number of non-ortho nitro benzene ring substituents is 1. The molecular formula is C24H32F6N4O6. The minimum Gasteiger partial charge on any atom is -0.445 e. The van der Waals surface area contributed by atoms with Crippen LogP contribution in [0.2, 0.25) is 0 Å². The number of unbranched alkanes of at least 4 members (excludes halogenated alkanes) is 6. The molecule has 0 saturated carbocycles. The normalized spacial score (nSPS) is 11.6. The predicted octanol–water partition coefficient (Wildman–Crippen LogP) is 5.01. The number of carbonyl (C=O) groups is 3. The highest BCUT2D eigenvalue weighted by Gasteiger charge is 2.38. The van der Waals surface area contributed by atoms with Gasteiger partial charge in [0.25, 0.3) is 5.69 Å². The molecule has 1 rings (SSSR count). The topological polar surface area (TPSA) is 131 Å². The molecule has 1 aromatic carbocycles. The molecule has 0 saturated heterocycles. The molecule has 16 heteroatoms. The molecule has 0 atom stereocenters. The molecule has 0 bridgehead atoms. The maximum absolute atomic E-state index is 12.6.